The zero-order chi connectivity index (χ0) is 21.3. The first-order chi connectivity index (χ1) is 14.5. The van der Waals surface area contributed by atoms with Crippen LogP contribution in [-0.2, 0) is 9.63 Å². The molecule has 4 rings (SSSR count). The lowest BCUT2D eigenvalue weighted by Crippen LogP contribution is -2.33. The molecule has 1 aliphatic heterocycles. The lowest BCUT2D eigenvalue weighted by molar-refractivity contribution is -0.165. The Hall–Kier alpha value is -3.66. The quantitative estimate of drug-likeness (QED) is 0.439. The molecule has 30 heavy (non-hydrogen) atoms. The van der Waals surface area contributed by atoms with Crippen molar-refractivity contribution in [2.45, 2.75) is 12.1 Å². The van der Waals surface area contributed by atoms with Gasteiger partial charge in [0.15, 0.2) is 5.16 Å². The number of ether oxygens (including phenoxy) is 1. The average Bonchev–Trinajstić information content (AvgIpc) is 3.25. The fraction of sp³-hybridized carbons (Fsp3) is 0.150. The molecule has 152 valence electrons. The van der Waals surface area contributed by atoms with Crippen LogP contribution >= 0.6 is 11.8 Å². The van der Waals surface area contributed by atoms with E-state index in [1.165, 1.54) is 12.1 Å². The molecule has 1 aromatic heterocycles. The minimum absolute atomic E-state index is 0.171. The van der Waals surface area contributed by atoms with Crippen molar-refractivity contribution >= 4 is 29.5 Å². The first kappa shape index (κ1) is 19.6. The van der Waals surface area contributed by atoms with Gasteiger partial charge in [0, 0.05) is 6.07 Å². The molecular weight excluding hydrogens is 408 g/mol. The molecule has 0 spiro atoms. The second-order valence-electron chi connectivity index (χ2n) is 6.27. The fourth-order valence-corrected chi connectivity index (χ4v) is 3.75. The third-order valence-electron chi connectivity index (χ3n) is 4.38. The molecule has 2 heterocycles. The number of carbonyl (C=O) groups is 3. The lowest BCUT2D eigenvalue weighted by Gasteiger charge is -2.13. The molecule has 0 bridgehead atoms. The Morgan fingerprint density at radius 1 is 1.03 bits per heavy atom. The molecule has 9 nitrogen and oxygen atoms in total. The number of rotatable bonds is 6. The Morgan fingerprint density at radius 2 is 1.73 bits per heavy atom. The first-order valence-electron chi connectivity index (χ1n) is 8.87. The molecule has 0 saturated heterocycles. The topological polar surface area (TPSA) is 104 Å². The molecule has 0 unspecified atom stereocenters. The highest BCUT2D eigenvalue weighted by atomic mass is 32.2. The third-order valence-corrected chi connectivity index (χ3v) is 5.28. The highest BCUT2D eigenvalue weighted by molar-refractivity contribution is 7.99. The summed E-state index contributed by atoms with van der Waals surface area (Å²) in [5, 5.41) is 9.11. The second-order valence-corrected chi connectivity index (χ2v) is 7.21. The van der Waals surface area contributed by atoms with Crippen molar-refractivity contribution in [1.82, 2.24) is 19.8 Å². The van der Waals surface area contributed by atoms with Crippen LogP contribution < -0.4 is 4.74 Å². The van der Waals surface area contributed by atoms with Crippen LogP contribution in [0.15, 0.2) is 53.7 Å². The fourth-order valence-electron chi connectivity index (χ4n) is 2.98. The minimum Gasteiger partial charge on any atom is -0.497 e. The summed E-state index contributed by atoms with van der Waals surface area (Å²) in [5.41, 5.74) is 1.18. The average molecular weight is 424 g/mol. The smallest absolute Gasteiger partial charge is 0.343 e. The van der Waals surface area contributed by atoms with E-state index in [-0.39, 0.29) is 16.9 Å². The Labute approximate surface area is 175 Å². The van der Waals surface area contributed by atoms with Gasteiger partial charge >= 0.3 is 5.97 Å². The standard InChI is InChI=1S/C20H16N4O5S/c1-12-21-22-20(23(12)13-6-5-7-14(10-13)28-2)30-11-17(25)29-24-18(26)15-8-3-4-9-16(15)19(24)27/h3-10H,11H2,1-2H3. The van der Waals surface area contributed by atoms with Gasteiger partial charge in [-0.25, -0.2) is 4.79 Å². The van der Waals surface area contributed by atoms with Gasteiger partial charge in [0.05, 0.1) is 23.9 Å². The SMILES string of the molecule is COc1cccc(-n2c(C)nnc2SCC(=O)ON2C(=O)c3ccccc3C2=O)c1. The van der Waals surface area contributed by atoms with Crippen molar-refractivity contribution in [2.75, 3.05) is 12.9 Å². The minimum atomic E-state index is -0.757. The molecule has 10 heteroatoms. The largest absolute Gasteiger partial charge is 0.497 e. The van der Waals surface area contributed by atoms with Crippen LogP contribution in [0.5, 0.6) is 5.75 Å². The van der Waals surface area contributed by atoms with Crippen LogP contribution in [-0.4, -0.2) is 50.5 Å². The van der Waals surface area contributed by atoms with Gasteiger partial charge in [-0.2, -0.15) is 0 Å². The normalized spacial score (nSPS) is 12.8. The van der Waals surface area contributed by atoms with Gasteiger partial charge in [-0.15, -0.1) is 10.2 Å². The summed E-state index contributed by atoms with van der Waals surface area (Å²) in [7, 11) is 1.57. The Bertz CT molecular complexity index is 1120. The van der Waals surface area contributed by atoms with E-state index in [0.717, 1.165) is 17.4 Å². The van der Waals surface area contributed by atoms with Crippen molar-refractivity contribution in [3.05, 3.63) is 65.5 Å². The number of benzene rings is 2. The molecule has 0 atom stereocenters. The second kappa shape index (κ2) is 7.99. The Kier molecular flexibility index (Phi) is 5.23. The summed E-state index contributed by atoms with van der Waals surface area (Å²) < 4.78 is 7.01. The van der Waals surface area contributed by atoms with E-state index in [1.54, 1.807) is 30.7 Å². The van der Waals surface area contributed by atoms with Crippen molar-refractivity contribution < 1.29 is 24.0 Å². The summed E-state index contributed by atoms with van der Waals surface area (Å²) >= 11 is 1.08. The van der Waals surface area contributed by atoms with Crippen LogP contribution in [0.3, 0.4) is 0 Å². The van der Waals surface area contributed by atoms with Crippen molar-refractivity contribution in [1.29, 1.82) is 0 Å². The maximum Gasteiger partial charge on any atom is 0.343 e. The number of aromatic nitrogens is 3. The van der Waals surface area contributed by atoms with Gasteiger partial charge in [-0.3, -0.25) is 14.2 Å². The number of hydroxylamine groups is 2. The highest BCUT2D eigenvalue weighted by Gasteiger charge is 2.38. The van der Waals surface area contributed by atoms with Gasteiger partial charge in [-0.05, 0) is 31.2 Å². The first-order valence-corrected chi connectivity index (χ1v) is 9.86. The maximum atomic E-state index is 12.3. The molecule has 2 aromatic carbocycles. The number of imide groups is 1. The summed E-state index contributed by atoms with van der Waals surface area (Å²) in [5.74, 6) is -0.961. The number of hydrogen-bond acceptors (Lipinski definition) is 8. The maximum absolute atomic E-state index is 12.3. The van der Waals surface area contributed by atoms with Gasteiger partial charge < -0.3 is 9.57 Å². The predicted molar refractivity (Wildman–Crippen MR) is 106 cm³/mol. The van der Waals surface area contributed by atoms with Crippen LogP contribution in [0.1, 0.15) is 26.5 Å². The number of nitrogens with zero attached hydrogens (tertiary/aromatic N) is 4. The van der Waals surface area contributed by atoms with E-state index >= 15 is 0 Å². The summed E-state index contributed by atoms with van der Waals surface area (Å²) in [4.78, 5) is 41.9. The van der Waals surface area contributed by atoms with E-state index in [2.05, 4.69) is 10.2 Å². The predicted octanol–water partition coefficient (Wildman–Crippen LogP) is 2.43. The number of hydrogen-bond donors (Lipinski definition) is 0. The summed E-state index contributed by atoms with van der Waals surface area (Å²) in [6.07, 6.45) is 0. The zero-order valence-corrected chi connectivity index (χ0v) is 16.9. The van der Waals surface area contributed by atoms with Crippen molar-refractivity contribution in [3.63, 3.8) is 0 Å². The molecule has 1 aliphatic rings. The summed E-state index contributed by atoms with van der Waals surface area (Å²) in [6, 6.07) is 13.6. The molecule has 3 aromatic rings. The monoisotopic (exact) mass is 424 g/mol. The number of carbonyl (C=O) groups excluding carboxylic acids is 3. The molecule has 0 aliphatic carbocycles. The Morgan fingerprint density at radius 3 is 2.40 bits per heavy atom. The molecule has 0 saturated carbocycles. The van der Waals surface area contributed by atoms with E-state index in [9.17, 15) is 14.4 Å². The number of thioether (sulfide) groups is 1. The molecule has 2 amide bonds. The number of fused-ring (bicyclic) bond motifs is 1. The van der Waals surface area contributed by atoms with Crippen molar-refractivity contribution in [3.8, 4) is 11.4 Å². The number of amides is 2. The van der Waals surface area contributed by atoms with Crippen LogP contribution in [0.2, 0.25) is 0 Å². The van der Waals surface area contributed by atoms with Gasteiger partial charge in [-0.1, -0.05) is 35.0 Å². The van der Waals surface area contributed by atoms with Gasteiger partial charge in [0.25, 0.3) is 11.8 Å². The molecular formula is C20H16N4O5S. The number of methoxy groups -OCH3 is 1. The number of aryl methyl sites for hydroxylation is 1. The van der Waals surface area contributed by atoms with Gasteiger partial charge in [0.1, 0.15) is 17.3 Å². The van der Waals surface area contributed by atoms with E-state index in [0.29, 0.717) is 21.8 Å². The van der Waals surface area contributed by atoms with E-state index < -0.39 is 17.8 Å². The van der Waals surface area contributed by atoms with E-state index in [1.807, 2.05) is 24.3 Å². The summed E-state index contributed by atoms with van der Waals surface area (Å²) in [6.45, 7) is 1.79. The molecule has 0 fully saturated rings. The molecule has 0 N–H and O–H groups in total. The molecule has 0 radical (unpaired) electrons. The van der Waals surface area contributed by atoms with Crippen LogP contribution in [0.4, 0.5) is 0 Å². The third kappa shape index (κ3) is 3.52. The highest BCUT2D eigenvalue weighted by Crippen LogP contribution is 2.26. The van der Waals surface area contributed by atoms with Crippen molar-refractivity contribution in [2.24, 2.45) is 0 Å². The van der Waals surface area contributed by atoms with Crippen LogP contribution in [0.25, 0.3) is 5.69 Å². The van der Waals surface area contributed by atoms with E-state index in [4.69, 9.17) is 9.57 Å². The lowest BCUT2D eigenvalue weighted by atomic mass is 10.1. The van der Waals surface area contributed by atoms with Gasteiger partial charge in [0.2, 0.25) is 0 Å². The Balaban J connectivity index is 1.46. The zero-order valence-electron chi connectivity index (χ0n) is 16.1. The van der Waals surface area contributed by atoms with Crippen LogP contribution in [0, 0.1) is 6.92 Å².